The van der Waals surface area contributed by atoms with Gasteiger partial charge in [0.15, 0.2) is 0 Å². The second kappa shape index (κ2) is 8.26. The lowest BCUT2D eigenvalue weighted by Gasteiger charge is -2.30. The summed E-state index contributed by atoms with van der Waals surface area (Å²) < 4.78 is 3.39. The molecular formula is C23H27ClN4O2. The van der Waals surface area contributed by atoms with Gasteiger partial charge in [0.1, 0.15) is 6.54 Å². The molecule has 0 atom stereocenters. The van der Waals surface area contributed by atoms with Gasteiger partial charge in [-0.05, 0) is 44.2 Å². The maximum absolute atomic E-state index is 13.2. The van der Waals surface area contributed by atoms with E-state index in [0.29, 0.717) is 22.9 Å². The van der Waals surface area contributed by atoms with Crippen molar-refractivity contribution < 1.29 is 4.79 Å². The smallest absolute Gasteiger partial charge is 0.276 e. The van der Waals surface area contributed by atoms with Crippen molar-refractivity contribution in [2.75, 3.05) is 13.1 Å². The summed E-state index contributed by atoms with van der Waals surface area (Å²) in [6.45, 7) is 8.20. The first-order chi connectivity index (χ1) is 14.4. The van der Waals surface area contributed by atoms with Gasteiger partial charge >= 0.3 is 0 Å². The van der Waals surface area contributed by atoms with E-state index in [9.17, 15) is 9.59 Å². The second-order valence-electron chi connectivity index (χ2n) is 8.31. The van der Waals surface area contributed by atoms with Crippen LogP contribution in [0.3, 0.4) is 0 Å². The molecule has 0 bridgehead atoms. The minimum Gasteiger partial charge on any atom is -0.343 e. The van der Waals surface area contributed by atoms with Crippen molar-refractivity contribution in [2.24, 2.45) is 5.92 Å². The first-order valence-corrected chi connectivity index (χ1v) is 10.8. The third-order valence-electron chi connectivity index (χ3n) is 6.31. The number of nitrogens with zero attached hydrogens (tertiary/aromatic N) is 4. The molecule has 3 heterocycles. The molecule has 0 saturated carbocycles. The van der Waals surface area contributed by atoms with Crippen LogP contribution in [-0.4, -0.2) is 38.2 Å². The van der Waals surface area contributed by atoms with E-state index in [2.05, 4.69) is 16.6 Å². The zero-order valence-electron chi connectivity index (χ0n) is 17.7. The highest BCUT2D eigenvalue weighted by Crippen LogP contribution is 2.25. The zero-order chi connectivity index (χ0) is 21.4. The lowest BCUT2D eigenvalue weighted by molar-refractivity contribution is -0.133. The summed E-state index contributed by atoms with van der Waals surface area (Å²) >= 11 is 6.34. The lowest BCUT2D eigenvalue weighted by atomic mass is 9.99. The average Bonchev–Trinajstić information content (AvgIpc) is 2.97. The van der Waals surface area contributed by atoms with E-state index in [-0.39, 0.29) is 18.0 Å². The molecule has 0 spiro atoms. The van der Waals surface area contributed by atoms with Crippen LogP contribution in [0.5, 0.6) is 0 Å². The van der Waals surface area contributed by atoms with Crippen molar-refractivity contribution in [1.29, 1.82) is 0 Å². The first kappa shape index (κ1) is 20.7. The summed E-state index contributed by atoms with van der Waals surface area (Å²) in [4.78, 5) is 27.7. The Morgan fingerprint density at radius 2 is 1.87 bits per heavy atom. The Bertz CT molecular complexity index is 1160. The van der Waals surface area contributed by atoms with Crippen LogP contribution in [-0.2, 0) is 17.9 Å². The molecule has 1 aliphatic heterocycles. The summed E-state index contributed by atoms with van der Waals surface area (Å²) in [6, 6.07) is 7.71. The standard InChI is InChI=1S/C23H27ClN4O2/c1-15-8-10-26(11-9-15)21(29)14-28-23(30)22-17(3)27(16(2)19(22)12-25-28)13-18-6-4-5-7-20(18)24/h4-7,12,15H,8-11,13-14H2,1-3H3. The summed E-state index contributed by atoms with van der Waals surface area (Å²) in [6.07, 6.45) is 3.72. The fraction of sp³-hybridized carbons (Fsp3) is 0.435. The lowest BCUT2D eigenvalue weighted by Crippen LogP contribution is -2.41. The highest BCUT2D eigenvalue weighted by Gasteiger charge is 2.22. The van der Waals surface area contributed by atoms with Gasteiger partial charge in [-0.1, -0.05) is 36.7 Å². The minimum atomic E-state index is -0.218. The van der Waals surface area contributed by atoms with Gasteiger partial charge in [-0.25, -0.2) is 4.68 Å². The van der Waals surface area contributed by atoms with Gasteiger partial charge in [0.25, 0.3) is 5.56 Å². The third-order valence-corrected chi connectivity index (χ3v) is 6.68. The van der Waals surface area contributed by atoms with Gasteiger partial charge in [0.2, 0.25) is 5.91 Å². The largest absolute Gasteiger partial charge is 0.343 e. The SMILES string of the molecule is Cc1c2cnn(CC(=O)N3CCC(C)CC3)c(=O)c2c(C)n1Cc1ccccc1Cl. The van der Waals surface area contributed by atoms with E-state index in [0.717, 1.165) is 48.3 Å². The van der Waals surface area contributed by atoms with Gasteiger partial charge in [-0.15, -0.1) is 0 Å². The van der Waals surface area contributed by atoms with Crippen molar-refractivity contribution >= 4 is 28.3 Å². The Morgan fingerprint density at radius 1 is 1.17 bits per heavy atom. The molecular weight excluding hydrogens is 400 g/mol. The number of hydrogen-bond acceptors (Lipinski definition) is 3. The van der Waals surface area contributed by atoms with Crippen molar-refractivity contribution in [3.8, 4) is 0 Å². The number of halogens is 1. The first-order valence-electron chi connectivity index (χ1n) is 10.4. The molecule has 4 rings (SSSR count). The predicted molar refractivity (Wildman–Crippen MR) is 119 cm³/mol. The molecule has 1 aromatic carbocycles. The van der Waals surface area contributed by atoms with Crippen LogP contribution in [0.1, 0.15) is 36.7 Å². The molecule has 1 aliphatic rings. The number of rotatable bonds is 4. The van der Waals surface area contributed by atoms with Crippen LogP contribution in [0.15, 0.2) is 35.3 Å². The number of piperidine rings is 1. The summed E-state index contributed by atoms with van der Waals surface area (Å²) in [5.41, 5.74) is 2.61. The van der Waals surface area contributed by atoms with Gasteiger partial charge in [-0.2, -0.15) is 5.10 Å². The quantitative estimate of drug-likeness (QED) is 0.638. The number of carbonyl (C=O) groups excluding carboxylic acids is 1. The van der Waals surface area contributed by atoms with Crippen LogP contribution in [0, 0.1) is 19.8 Å². The van der Waals surface area contributed by atoms with Crippen LogP contribution >= 0.6 is 11.6 Å². The van der Waals surface area contributed by atoms with Gasteiger partial charge < -0.3 is 9.47 Å². The molecule has 1 amide bonds. The average molecular weight is 427 g/mol. The molecule has 0 radical (unpaired) electrons. The van der Waals surface area contributed by atoms with E-state index in [1.807, 2.05) is 43.0 Å². The van der Waals surface area contributed by atoms with E-state index < -0.39 is 0 Å². The minimum absolute atomic E-state index is 0.0165. The van der Waals surface area contributed by atoms with Crippen LogP contribution in [0.2, 0.25) is 5.02 Å². The molecule has 1 saturated heterocycles. The van der Waals surface area contributed by atoms with E-state index >= 15 is 0 Å². The zero-order valence-corrected chi connectivity index (χ0v) is 18.4. The van der Waals surface area contributed by atoms with Crippen LogP contribution < -0.4 is 5.56 Å². The fourth-order valence-electron chi connectivity index (χ4n) is 4.28. The van der Waals surface area contributed by atoms with Gasteiger partial charge in [0.05, 0.1) is 11.6 Å². The number of aryl methyl sites for hydroxylation is 2. The molecule has 2 aromatic heterocycles. The summed E-state index contributed by atoms with van der Waals surface area (Å²) in [7, 11) is 0. The Hall–Kier alpha value is -2.60. The number of fused-ring (bicyclic) bond motifs is 1. The highest BCUT2D eigenvalue weighted by molar-refractivity contribution is 6.31. The van der Waals surface area contributed by atoms with Gasteiger partial charge in [-0.3, -0.25) is 9.59 Å². The number of benzene rings is 1. The Balaban J connectivity index is 1.66. The second-order valence-corrected chi connectivity index (χ2v) is 8.71. The maximum atomic E-state index is 13.2. The monoisotopic (exact) mass is 426 g/mol. The summed E-state index contributed by atoms with van der Waals surface area (Å²) in [5, 5.41) is 6.45. The van der Waals surface area contributed by atoms with Crippen LogP contribution in [0.4, 0.5) is 0 Å². The molecule has 0 aliphatic carbocycles. The topological polar surface area (TPSA) is 60.1 Å². The van der Waals surface area contributed by atoms with Crippen molar-refractivity contribution in [3.05, 3.63) is 62.8 Å². The predicted octanol–water partition coefficient (Wildman–Crippen LogP) is 3.78. The molecule has 6 nitrogen and oxygen atoms in total. The third kappa shape index (κ3) is 3.76. The van der Waals surface area contributed by atoms with Crippen molar-refractivity contribution in [2.45, 2.75) is 46.7 Å². The Kier molecular flexibility index (Phi) is 5.69. The van der Waals surface area contributed by atoms with Gasteiger partial charge in [0, 0.05) is 41.4 Å². The molecule has 30 heavy (non-hydrogen) atoms. The number of hydrogen-bond donors (Lipinski definition) is 0. The number of aromatic nitrogens is 3. The molecule has 3 aromatic rings. The highest BCUT2D eigenvalue weighted by atomic mass is 35.5. The van der Waals surface area contributed by atoms with E-state index in [1.54, 1.807) is 6.20 Å². The normalized spacial score (nSPS) is 15.1. The Labute approximate surface area is 181 Å². The number of amides is 1. The number of carbonyl (C=O) groups is 1. The van der Waals surface area contributed by atoms with Crippen LogP contribution in [0.25, 0.3) is 10.8 Å². The molecule has 0 N–H and O–H groups in total. The fourth-order valence-corrected chi connectivity index (χ4v) is 4.47. The maximum Gasteiger partial charge on any atom is 0.276 e. The molecule has 0 unspecified atom stereocenters. The summed E-state index contributed by atoms with van der Waals surface area (Å²) in [5.74, 6) is 0.607. The number of likely N-dealkylation sites (tertiary alicyclic amines) is 1. The molecule has 1 fully saturated rings. The van der Waals surface area contributed by atoms with E-state index in [1.165, 1.54) is 4.68 Å². The molecule has 158 valence electrons. The van der Waals surface area contributed by atoms with E-state index in [4.69, 9.17) is 11.6 Å². The Morgan fingerprint density at radius 3 is 2.57 bits per heavy atom. The van der Waals surface area contributed by atoms with Crippen molar-refractivity contribution in [3.63, 3.8) is 0 Å². The van der Waals surface area contributed by atoms with Crippen molar-refractivity contribution in [1.82, 2.24) is 19.2 Å². The molecule has 7 heteroatoms.